The molecule has 0 spiro atoms. The average Bonchev–Trinajstić information content (AvgIpc) is 2.34. The van der Waals surface area contributed by atoms with Gasteiger partial charge in [-0.2, -0.15) is 0 Å². The van der Waals surface area contributed by atoms with Crippen LogP contribution in [0.5, 0.6) is 0 Å². The van der Waals surface area contributed by atoms with Crippen LogP contribution in [0.2, 0.25) is 0 Å². The summed E-state index contributed by atoms with van der Waals surface area (Å²) in [5, 5.41) is 11.3. The van der Waals surface area contributed by atoms with Crippen molar-refractivity contribution in [2.45, 2.75) is 26.2 Å². The fourth-order valence-electron chi connectivity index (χ4n) is 1.45. The molecular formula is C14H17NO3. The van der Waals surface area contributed by atoms with Crippen LogP contribution in [0.4, 0.5) is 5.69 Å². The van der Waals surface area contributed by atoms with Crippen LogP contribution in [0.25, 0.3) is 6.08 Å². The number of benzene rings is 1. The summed E-state index contributed by atoms with van der Waals surface area (Å²) < 4.78 is 0. The number of unbranched alkanes of at least 4 members (excludes halogenated alkanes) is 1. The van der Waals surface area contributed by atoms with Gasteiger partial charge in [0.2, 0.25) is 5.91 Å². The highest BCUT2D eigenvalue weighted by Gasteiger charge is 2.01. The molecule has 96 valence electrons. The van der Waals surface area contributed by atoms with E-state index in [-0.39, 0.29) is 5.91 Å². The molecule has 1 aromatic carbocycles. The van der Waals surface area contributed by atoms with Gasteiger partial charge in [0.1, 0.15) is 0 Å². The van der Waals surface area contributed by atoms with E-state index in [1.165, 1.54) is 6.08 Å². The summed E-state index contributed by atoms with van der Waals surface area (Å²) in [7, 11) is 0. The lowest BCUT2D eigenvalue weighted by atomic mass is 10.2. The minimum absolute atomic E-state index is 0.0174. The van der Waals surface area contributed by atoms with Crippen LogP contribution in [-0.2, 0) is 9.59 Å². The van der Waals surface area contributed by atoms with Crippen molar-refractivity contribution in [3.05, 3.63) is 35.9 Å². The Morgan fingerprint density at radius 1 is 1.39 bits per heavy atom. The van der Waals surface area contributed by atoms with Gasteiger partial charge in [-0.3, -0.25) is 4.79 Å². The number of hydrogen-bond donors (Lipinski definition) is 2. The summed E-state index contributed by atoms with van der Waals surface area (Å²) in [4.78, 5) is 21.9. The Hall–Kier alpha value is -2.10. The van der Waals surface area contributed by atoms with Crippen molar-refractivity contribution < 1.29 is 14.7 Å². The predicted octanol–water partition coefficient (Wildman–Crippen LogP) is 2.91. The van der Waals surface area contributed by atoms with Gasteiger partial charge in [0.15, 0.2) is 0 Å². The zero-order valence-corrected chi connectivity index (χ0v) is 10.3. The number of nitrogens with one attached hydrogen (secondary N) is 1. The highest BCUT2D eigenvalue weighted by molar-refractivity contribution is 5.91. The van der Waals surface area contributed by atoms with Crippen molar-refractivity contribution in [2.75, 3.05) is 5.32 Å². The minimum atomic E-state index is -0.993. The van der Waals surface area contributed by atoms with Crippen molar-refractivity contribution in [3.63, 3.8) is 0 Å². The summed E-state index contributed by atoms with van der Waals surface area (Å²) in [6.07, 6.45) is 4.91. The summed E-state index contributed by atoms with van der Waals surface area (Å²) in [6, 6.07) is 7.07. The Labute approximate surface area is 106 Å². The van der Waals surface area contributed by atoms with Gasteiger partial charge < -0.3 is 10.4 Å². The minimum Gasteiger partial charge on any atom is -0.478 e. The number of amides is 1. The number of rotatable bonds is 6. The van der Waals surface area contributed by atoms with E-state index in [2.05, 4.69) is 5.32 Å². The molecule has 0 radical (unpaired) electrons. The van der Waals surface area contributed by atoms with Crippen molar-refractivity contribution in [1.82, 2.24) is 0 Å². The van der Waals surface area contributed by atoms with E-state index >= 15 is 0 Å². The second kappa shape index (κ2) is 7.27. The van der Waals surface area contributed by atoms with E-state index in [1.54, 1.807) is 24.3 Å². The molecule has 0 atom stereocenters. The number of carbonyl (C=O) groups excluding carboxylic acids is 1. The van der Waals surface area contributed by atoms with Crippen LogP contribution in [-0.4, -0.2) is 17.0 Å². The maximum absolute atomic E-state index is 11.5. The van der Waals surface area contributed by atoms with Crippen molar-refractivity contribution >= 4 is 23.6 Å². The topological polar surface area (TPSA) is 66.4 Å². The second-order valence-corrected chi connectivity index (χ2v) is 3.95. The lowest BCUT2D eigenvalue weighted by molar-refractivity contribution is -0.131. The van der Waals surface area contributed by atoms with Gasteiger partial charge >= 0.3 is 5.97 Å². The van der Waals surface area contributed by atoms with Crippen LogP contribution in [0.1, 0.15) is 31.7 Å². The number of carboxylic acid groups (broad SMARTS) is 1. The van der Waals surface area contributed by atoms with Crippen LogP contribution >= 0.6 is 0 Å². The summed E-state index contributed by atoms with van der Waals surface area (Å²) in [5.41, 5.74) is 1.43. The molecule has 0 bridgehead atoms. The Bertz CT molecular complexity index is 452. The van der Waals surface area contributed by atoms with E-state index in [1.807, 2.05) is 6.92 Å². The molecule has 0 saturated heterocycles. The van der Waals surface area contributed by atoms with E-state index in [9.17, 15) is 9.59 Å². The van der Waals surface area contributed by atoms with Crippen molar-refractivity contribution in [2.24, 2.45) is 0 Å². The predicted molar refractivity (Wildman–Crippen MR) is 71.3 cm³/mol. The molecule has 2 N–H and O–H groups in total. The Morgan fingerprint density at radius 2 is 2.17 bits per heavy atom. The van der Waals surface area contributed by atoms with Crippen LogP contribution in [0.3, 0.4) is 0 Å². The first-order valence-electron chi connectivity index (χ1n) is 5.92. The zero-order chi connectivity index (χ0) is 13.4. The first-order valence-corrected chi connectivity index (χ1v) is 5.92. The maximum atomic E-state index is 11.5. The van der Waals surface area contributed by atoms with Crippen molar-refractivity contribution in [3.8, 4) is 0 Å². The number of carboxylic acids is 1. The Morgan fingerprint density at radius 3 is 2.83 bits per heavy atom. The molecule has 0 aromatic heterocycles. The van der Waals surface area contributed by atoms with E-state index in [4.69, 9.17) is 5.11 Å². The van der Waals surface area contributed by atoms with Gasteiger partial charge in [-0.15, -0.1) is 0 Å². The molecule has 0 aliphatic carbocycles. The molecule has 1 rings (SSSR count). The number of aliphatic carboxylic acids is 1. The van der Waals surface area contributed by atoms with E-state index in [0.29, 0.717) is 12.1 Å². The van der Waals surface area contributed by atoms with Gasteiger partial charge in [-0.1, -0.05) is 25.5 Å². The molecular weight excluding hydrogens is 230 g/mol. The van der Waals surface area contributed by atoms with Crippen LogP contribution in [0.15, 0.2) is 30.3 Å². The monoisotopic (exact) mass is 247 g/mol. The molecule has 0 heterocycles. The number of anilines is 1. The molecule has 0 unspecified atom stereocenters. The molecule has 1 amide bonds. The van der Waals surface area contributed by atoms with Gasteiger partial charge in [0.25, 0.3) is 0 Å². The number of carbonyl (C=O) groups is 2. The quantitative estimate of drug-likeness (QED) is 0.759. The molecule has 0 fully saturated rings. The summed E-state index contributed by atoms with van der Waals surface area (Å²) in [5.74, 6) is -1.01. The third-order valence-electron chi connectivity index (χ3n) is 2.35. The highest BCUT2D eigenvalue weighted by Crippen LogP contribution is 2.12. The van der Waals surface area contributed by atoms with Crippen molar-refractivity contribution in [1.29, 1.82) is 0 Å². The van der Waals surface area contributed by atoms with E-state index in [0.717, 1.165) is 24.5 Å². The standard InChI is InChI=1S/C14H17NO3/c1-2-3-7-13(16)15-12-6-4-5-11(10-12)8-9-14(17)18/h4-6,8-10H,2-3,7H2,1H3,(H,15,16)(H,17,18). The van der Waals surface area contributed by atoms with Gasteiger partial charge in [-0.05, 0) is 30.2 Å². The van der Waals surface area contributed by atoms with Crippen LogP contribution < -0.4 is 5.32 Å². The fourth-order valence-corrected chi connectivity index (χ4v) is 1.45. The molecule has 0 saturated carbocycles. The molecule has 0 aliphatic heterocycles. The first kappa shape index (κ1) is 14.0. The Balaban J connectivity index is 2.64. The first-order chi connectivity index (χ1) is 8.61. The zero-order valence-electron chi connectivity index (χ0n) is 10.3. The second-order valence-electron chi connectivity index (χ2n) is 3.95. The average molecular weight is 247 g/mol. The third-order valence-corrected chi connectivity index (χ3v) is 2.35. The smallest absolute Gasteiger partial charge is 0.328 e. The van der Waals surface area contributed by atoms with Gasteiger partial charge in [-0.25, -0.2) is 4.79 Å². The largest absolute Gasteiger partial charge is 0.478 e. The van der Waals surface area contributed by atoms with Gasteiger partial charge in [0.05, 0.1) is 0 Å². The summed E-state index contributed by atoms with van der Waals surface area (Å²) >= 11 is 0. The fraction of sp³-hybridized carbons (Fsp3) is 0.286. The van der Waals surface area contributed by atoms with Gasteiger partial charge in [0, 0.05) is 18.2 Å². The molecule has 1 aromatic rings. The Kier molecular flexibility index (Phi) is 5.64. The van der Waals surface area contributed by atoms with E-state index < -0.39 is 5.97 Å². The lowest BCUT2D eigenvalue weighted by Gasteiger charge is -2.05. The molecule has 18 heavy (non-hydrogen) atoms. The lowest BCUT2D eigenvalue weighted by Crippen LogP contribution is -2.10. The third kappa shape index (κ3) is 5.30. The SMILES string of the molecule is CCCCC(=O)Nc1cccc(C=CC(=O)O)c1. The molecule has 0 aliphatic rings. The number of hydrogen-bond acceptors (Lipinski definition) is 2. The van der Waals surface area contributed by atoms with Crippen LogP contribution in [0, 0.1) is 0 Å². The molecule has 4 nitrogen and oxygen atoms in total. The maximum Gasteiger partial charge on any atom is 0.328 e. The summed E-state index contributed by atoms with van der Waals surface area (Å²) in [6.45, 7) is 2.03. The normalized spacial score (nSPS) is 10.5. The highest BCUT2D eigenvalue weighted by atomic mass is 16.4. The molecule has 4 heteroatoms.